The average molecular weight is 225 g/mol. The van der Waals surface area contributed by atoms with E-state index in [4.69, 9.17) is 23.2 Å². The molecule has 0 saturated heterocycles. The van der Waals surface area contributed by atoms with Crippen molar-refractivity contribution in [1.82, 2.24) is 9.97 Å². The second-order valence-electron chi connectivity index (χ2n) is 2.70. The van der Waals surface area contributed by atoms with Crippen molar-refractivity contribution >= 4 is 23.2 Å². The molecule has 0 saturated carbocycles. The van der Waals surface area contributed by atoms with Gasteiger partial charge in [0, 0.05) is 24.2 Å². The number of pyridine rings is 2. The molecule has 0 aliphatic heterocycles. The van der Waals surface area contributed by atoms with Gasteiger partial charge in [-0.15, -0.1) is 0 Å². The highest BCUT2D eigenvalue weighted by Crippen LogP contribution is 2.31. The normalized spacial score (nSPS) is 10.1. The molecule has 0 amide bonds. The third kappa shape index (κ3) is 1.72. The van der Waals surface area contributed by atoms with E-state index in [0.717, 1.165) is 11.1 Å². The standard InChI is InChI=1S/C10H6Cl2N2/c11-9-8(3-6-14-10(9)12)7-1-4-13-5-2-7/h1-6H. The SMILES string of the molecule is Clc1nccc(-c2ccncc2)c1Cl. The molecule has 0 aromatic carbocycles. The van der Waals surface area contributed by atoms with Crippen LogP contribution in [-0.2, 0) is 0 Å². The van der Waals surface area contributed by atoms with Crippen molar-refractivity contribution in [2.75, 3.05) is 0 Å². The third-order valence-electron chi connectivity index (χ3n) is 1.84. The average Bonchev–Trinajstić information content (AvgIpc) is 2.23. The predicted octanol–water partition coefficient (Wildman–Crippen LogP) is 3.45. The Morgan fingerprint density at radius 3 is 2.36 bits per heavy atom. The zero-order chi connectivity index (χ0) is 9.97. The fourth-order valence-electron chi connectivity index (χ4n) is 1.17. The van der Waals surface area contributed by atoms with Crippen LogP contribution >= 0.6 is 23.2 Å². The summed E-state index contributed by atoms with van der Waals surface area (Å²) in [5, 5.41) is 0.793. The molecule has 0 aliphatic rings. The second kappa shape index (κ2) is 3.95. The molecule has 4 heteroatoms. The molecular formula is C10H6Cl2N2. The van der Waals surface area contributed by atoms with Gasteiger partial charge in [-0.1, -0.05) is 23.2 Å². The van der Waals surface area contributed by atoms with Crippen molar-refractivity contribution in [1.29, 1.82) is 0 Å². The molecule has 2 rings (SSSR count). The van der Waals surface area contributed by atoms with Crippen LogP contribution in [0.5, 0.6) is 0 Å². The molecule has 2 aromatic heterocycles. The van der Waals surface area contributed by atoms with Crippen molar-refractivity contribution in [2.24, 2.45) is 0 Å². The van der Waals surface area contributed by atoms with Crippen LogP contribution in [0.4, 0.5) is 0 Å². The van der Waals surface area contributed by atoms with Gasteiger partial charge in [0.2, 0.25) is 0 Å². The molecular weight excluding hydrogens is 219 g/mol. The van der Waals surface area contributed by atoms with Crippen LogP contribution in [0.3, 0.4) is 0 Å². The Balaban J connectivity index is 2.58. The Kier molecular flexibility index (Phi) is 2.66. The molecule has 0 fully saturated rings. The van der Waals surface area contributed by atoms with Gasteiger partial charge in [-0.25, -0.2) is 4.98 Å². The van der Waals surface area contributed by atoms with E-state index in [9.17, 15) is 0 Å². The number of aromatic nitrogens is 2. The summed E-state index contributed by atoms with van der Waals surface area (Å²) >= 11 is 11.8. The van der Waals surface area contributed by atoms with Crippen LogP contribution in [-0.4, -0.2) is 9.97 Å². The van der Waals surface area contributed by atoms with Crippen LogP contribution in [0.25, 0.3) is 11.1 Å². The summed E-state index contributed by atoms with van der Waals surface area (Å²) in [6.07, 6.45) is 5.05. The first-order chi connectivity index (χ1) is 6.79. The lowest BCUT2D eigenvalue weighted by molar-refractivity contribution is 1.31. The minimum atomic E-state index is 0.320. The molecule has 0 N–H and O–H groups in total. The molecule has 0 unspecified atom stereocenters. The minimum absolute atomic E-state index is 0.320. The van der Waals surface area contributed by atoms with Gasteiger partial charge in [-0.3, -0.25) is 4.98 Å². The number of halogens is 2. The van der Waals surface area contributed by atoms with Crippen LogP contribution in [0.1, 0.15) is 0 Å². The third-order valence-corrected chi connectivity index (χ3v) is 2.60. The monoisotopic (exact) mass is 224 g/mol. The lowest BCUT2D eigenvalue weighted by Gasteiger charge is -2.03. The van der Waals surface area contributed by atoms with Gasteiger partial charge in [-0.05, 0) is 23.8 Å². The maximum absolute atomic E-state index is 6.01. The fraction of sp³-hybridized carbons (Fsp3) is 0. The molecule has 0 aliphatic carbocycles. The fourth-order valence-corrected chi connectivity index (χ4v) is 1.55. The van der Waals surface area contributed by atoms with Crippen LogP contribution in [0.15, 0.2) is 36.8 Å². The van der Waals surface area contributed by atoms with Crippen molar-refractivity contribution < 1.29 is 0 Å². The van der Waals surface area contributed by atoms with Crippen molar-refractivity contribution in [3.05, 3.63) is 47.0 Å². The van der Waals surface area contributed by atoms with Crippen LogP contribution in [0.2, 0.25) is 10.2 Å². The lowest BCUT2D eigenvalue weighted by atomic mass is 10.1. The van der Waals surface area contributed by atoms with Gasteiger partial charge in [0.05, 0.1) is 5.02 Å². The summed E-state index contributed by atoms with van der Waals surface area (Å²) in [5.41, 5.74) is 1.85. The van der Waals surface area contributed by atoms with Crippen LogP contribution in [0, 0.1) is 0 Å². The largest absolute Gasteiger partial charge is 0.265 e. The smallest absolute Gasteiger partial charge is 0.148 e. The van der Waals surface area contributed by atoms with Crippen molar-refractivity contribution in [3.63, 3.8) is 0 Å². The zero-order valence-corrected chi connectivity index (χ0v) is 8.63. The Bertz CT molecular complexity index is 443. The predicted molar refractivity (Wildman–Crippen MR) is 57.5 cm³/mol. The van der Waals surface area contributed by atoms with Gasteiger partial charge in [0.1, 0.15) is 5.15 Å². The highest BCUT2D eigenvalue weighted by atomic mass is 35.5. The first kappa shape index (κ1) is 9.44. The van der Waals surface area contributed by atoms with Gasteiger partial charge >= 0.3 is 0 Å². The second-order valence-corrected chi connectivity index (χ2v) is 3.44. The summed E-state index contributed by atoms with van der Waals surface area (Å²) in [5.74, 6) is 0. The molecule has 14 heavy (non-hydrogen) atoms. The van der Waals surface area contributed by atoms with Gasteiger partial charge < -0.3 is 0 Å². The molecule has 2 nitrogen and oxygen atoms in total. The van der Waals surface area contributed by atoms with E-state index >= 15 is 0 Å². The van der Waals surface area contributed by atoms with Crippen LogP contribution < -0.4 is 0 Å². The number of rotatable bonds is 1. The number of hydrogen-bond donors (Lipinski definition) is 0. The molecule has 0 radical (unpaired) electrons. The van der Waals surface area contributed by atoms with E-state index < -0.39 is 0 Å². The first-order valence-corrected chi connectivity index (χ1v) is 4.75. The summed E-state index contributed by atoms with van der Waals surface area (Å²) < 4.78 is 0. The molecule has 0 spiro atoms. The van der Waals surface area contributed by atoms with Gasteiger partial charge in [-0.2, -0.15) is 0 Å². The van der Waals surface area contributed by atoms with Crippen molar-refractivity contribution in [3.8, 4) is 11.1 Å². The summed E-state index contributed by atoms with van der Waals surface area (Å²) in [6.45, 7) is 0. The maximum Gasteiger partial charge on any atom is 0.148 e. The Hall–Kier alpha value is -1.12. The Morgan fingerprint density at radius 1 is 0.929 bits per heavy atom. The minimum Gasteiger partial charge on any atom is -0.265 e. The van der Waals surface area contributed by atoms with Gasteiger partial charge in [0.25, 0.3) is 0 Å². The Morgan fingerprint density at radius 2 is 1.64 bits per heavy atom. The Labute approximate surface area is 91.5 Å². The van der Waals surface area contributed by atoms with E-state index in [1.54, 1.807) is 18.6 Å². The molecule has 2 aromatic rings. The van der Waals surface area contributed by atoms with E-state index in [1.165, 1.54) is 0 Å². The topological polar surface area (TPSA) is 25.8 Å². The highest BCUT2D eigenvalue weighted by molar-refractivity contribution is 6.42. The number of nitrogens with zero attached hydrogens (tertiary/aromatic N) is 2. The van der Waals surface area contributed by atoms with E-state index in [1.807, 2.05) is 18.2 Å². The zero-order valence-electron chi connectivity index (χ0n) is 7.11. The lowest BCUT2D eigenvalue weighted by Crippen LogP contribution is -1.83. The molecule has 70 valence electrons. The molecule has 2 heterocycles. The summed E-state index contributed by atoms with van der Waals surface area (Å²) in [7, 11) is 0. The van der Waals surface area contributed by atoms with Crippen molar-refractivity contribution in [2.45, 2.75) is 0 Å². The summed E-state index contributed by atoms with van der Waals surface area (Å²) in [6, 6.07) is 5.57. The molecule has 0 atom stereocenters. The van der Waals surface area contributed by atoms with E-state index in [2.05, 4.69) is 9.97 Å². The quantitative estimate of drug-likeness (QED) is 0.694. The molecule has 0 bridgehead atoms. The summed E-state index contributed by atoms with van der Waals surface area (Å²) in [4.78, 5) is 7.81. The first-order valence-electron chi connectivity index (χ1n) is 3.99. The van der Waals surface area contributed by atoms with E-state index in [-0.39, 0.29) is 0 Å². The maximum atomic E-state index is 6.01. The van der Waals surface area contributed by atoms with Gasteiger partial charge in [0.15, 0.2) is 0 Å². The highest BCUT2D eigenvalue weighted by Gasteiger charge is 2.06. The van der Waals surface area contributed by atoms with E-state index in [0.29, 0.717) is 10.2 Å². The number of hydrogen-bond acceptors (Lipinski definition) is 2.